The smallest absolute Gasteiger partial charge is 0.233 e. The number of alkyl halides is 1. The molecule has 0 aliphatic carbocycles. The molecular weight excluding hydrogens is 222 g/mol. The van der Waals surface area contributed by atoms with E-state index < -0.39 is 5.60 Å². The zero-order valence-electron chi connectivity index (χ0n) is 7.72. The van der Waals surface area contributed by atoms with Crippen molar-refractivity contribution in [3.63, 3.8) is 0 Å². The molecule has 3 nitrogen and oxygen atoms in total. The van der Waals surface area contributed by atoms with Gasteiger partial charge >= 0.3 is 0 Å². The van der Waals surface area contributed by atoms with E-state index >= 15 is 0 Å². The predicted octanol–water partition coefficient (Wildman–Crippen LogP) is 1.05. The highest BCUT2D eigenvalue weighted by Gasteiger charge is 2.19. The van der Waals surface area contributed by atoms with Crippen molar-refractivity contribution in [2.45, 2.75) is 37.6 Å². The number of aliphatic hydroxyl groups is 1. The lowest BCUT2D eigenvalue weighted by molar-refractivity contribution is -0.121. The summed E-state index contributed by atoms with van der Waals surface area (Å²) in [6.45, 7) is 5.63. The summed E-state index contributed by atoms with van der Waals surface area (Å²) in [4.78, 5) is 10.8. The van der Waals surface area contributed by atoms with Crippen LogP contribution < -0.4 is 5.32 Å². The van der Waals surface area contributed by atoms with Crippen LogP contribution in [0, 0.1) is 0 Å². The van der Waals surface area contributed by atoms with Gasteiger partial charge < -0.3 is 10.4 Å². The third-order valence-electron chi connectivity index (χ3n) is 1.77. The van der Waals surface area contributed by atoms with E-state index in [9.17, 15) is 9.90 Å². The molecule has 2 N–H and O–H groups in total. The molecule has 0 rings (SSSR count). The first kappa shape index (κ1) is 11.9. The van der Waals surface area contributed by atoms with Gasteiger partial charge in [-0.3, -0.25) is 4.79 Å². The number of hydrogen-bond acceptors (Lipinski definition) is 2. The molecule has 1 amide bonds. The summed E-state index contributed by atoms with van der Waals surface area (Å²) in [6, 6.07) is 0. The molecule has 0 fully saturated rings. The van der Waals surface area contributed by atoms with E-state index in [1.165, 1.54) is 0 Å². The van der Waals surface area contributed by atoms with E-state index in [1.807, 2.05) is 6.92 Å². The number of amides is 1. The van der Waals surface area contributed by atoms with Crippen molar-refractivity contribution in [1.82, 2.24) is 5.32 Å². The van der Waals surface area contributed by atoms with Gasteiger partial charge in [0.25, 0.3) is 0 Å². The van der Waals surface area contributed by atoms with E-state index in [0.29, 0.717) is 13.0 Å². The fourth-order valence-corrected chi connectivity index (χ4v) is 0.705. The fourth-order valence-electron chi connectivity index (χ4n) is 0.543. The Balaban J connectivity index is 3.76. The van der Waals surface area contributed by atoms with Crippen LogP contribution in [0.5, 0.6) is 0 Å². The highest BCUT2D eigenvalue weighted by molar-refractivity contribution is 9.10. The molecule has 0 aliphatic rings. The SMILES string of the molecule is CCC(C)(O)CNC(=O)C(C)Br. The Hall–Kier alpha value is -0.0900. The molecule has 0 aromatic carbocycles. The summed E-state index contributed by atoms with van der Waals surface area (Å²) in [6.07, 6.45) is 0.629. The van der Waals surface area contributed by atoms with E-state index in [0.717, 1.165) is 0 Å². The van der Waals surface area contributed by atoms with Crippen molar-refractivity contribution in [2.24, 2.45) is 0 Å². The second-order valence-electron chi connectivity index (χ2n) is 3.18. The summed E-state index contributed by atoms with van der Waals surface area (Å²) in [7, 11) is 0. The normalized spacial score (nSPS) is 18.1. The molecule has 0 spiro atoms. The monoisotopic (exact) mass is 237 g/mol. The molecule has 72 valence electrons. The molecule has 0 aliphatic heterocycles. The Kier molecular flexibility index (Phi) is 4.78. The van der Waals surface area contributed by atoms with Crippen LogP contribution in [0.2, 0.25) is 0 Å². The second-order valence-corrected chi connectivity index (χ2v) is 4.56. The maximum atomic E-state index is 11.0. The van der Waals surface area contributed by atoms with Crippen LogP contribution in [-0.2, 0) is 4.79 Å². The van der Waals surface area contributed by atoms with Gasteiger partial charge in [0.1, 0.15) is 0 Å². The zero-order valence-corrected chi connectivity index (χ0v) is 9.31. The van der Waals surface area contributed by atoms with Crippen molar-refractivity contribution in [3.05, 3.63) is 0 Å². The van der Waals surface area contributed by atoms with E-state index in [4.69, 9.17) is 0 Å². The predicted molar refractivity (Wildman–Crippen MR) is 52.3 cm³/mol. The molecule has 0 heterocycles. The van der Waals surface area contributed by atoms with Crippen LogP contribution in [0.25, 0.3) is 0 Å². The lowest BCUT2D eigenvalue weighted by Crippen LogP contribution is -2.42. The first-order valence-electron chi connectivity index (χ1n) is 4.03. The van der Waals surface area contributed by atoms with E-state index in [1.54, 1.807) is 13.8 Å². The number of halogens is 1. The molecule has 0 saturated heterocycles. The van der Waals surface area contributed by atoms with Crippen molar-refractivity contribution in [2.75, 3.05) is 6.54 Å². The lowest BCUT2D eigenvalue weighted by Gasteiger charge is -2.21. The Bertz CT molecular complexity index is 157. The zero-order chi connectivity index (χ0) is 9.78. The molecule has 2 atom stereocenters. The largest absolute Gasteiger partial charge is 0.388 e. The van der Waals surface area contributed by atoms with Gasteiger partial charge in [0.15, 0.2) is 0 Å². The first-order chi connectivity index (χ1) is 5.39. The van der Waals surface area contributed by atoms with Crippen molar-refractivity contribution in [3.8, 4) is 0 Å². The molecule has 12 heavy (non-hydrogen) atoms. The summed E-state index contributed by atoms with van der Waals surface area (Å²) >= 11 is 3.14. The third kappa shape index (κ3) is 4.72. The molecule has 0 bridgehead atoms. The first-order valence-corrected chi connectivity index (χ1v) is 4.95. The number of rotatable bonds is 4. The van der Waals surface area contributed by atoms with E-state index in [-0.39, 0.29) is 10.7 Å². The fraction of sp³-hybridized carbons (Fsp3) is 0.875. The number of carbonyl (C=O) groups excluding carboxylic acids is 1. The van der Waals surface area contributed by atoms with Crippen LogP contribution in [0.1, 0.15) is 27.2 Å². The second kappa shape index (κ2) is 4.82. The van der Waals surface area contributed by atoms with Crippen LogP contribution in [0.3, 0.4) is 0 Å². The van der Waals surface area contributed by atoms with Gasteiger partial charge in [0.05, 0.1) is 10.4 Å². The Labute approximate surface area is 81.7 Å². The minimum absolute atomic E-state index is 0.0938. The quantitative estimate of drug-likeness (QED) is 0.719. The summed E-state index contributed by atoms with van der Waals surface area (Å²) < 4.78 is 0. The molecule has 0 radical (unpaired) electrons. The molecule has 0 aromatic heterocycles. The highest BCUT2D eigenvalue weighted by Crippen LogP contribution is 2.06. The Morgan fingerprint density at radius 1 is 1.75 bits per heavy atom. The molecule has 4 heteroatoms. The Morgan fingerprint density at radius 3 is 2.58 bits per heavy atom. The lowest BCUT2D eigenvalue weighted by atomic mass is 10.0. The minimum atomic E-state index is -0.794. The van der Waals surface area contributed by atoms with Crippen LogP contribution in [0.4, 0.5) is 0 Å². The van der Waals surface area contributed by atoms with Gasteiger partial charge in [-0.2, -0.15) is 0 Å². The van der Waals surface area contributed by atoms with Gasteiger partial charge in [0.2, 0.25) is 5.91 Å². The van der Waals surface area contributed by atoms with E-state index in [2.05, 4.69) is 21.2 Å². The summed E-state index contributed by atoms with van der Waals surface area (Å²) in [5, 5.41) is 12.2. The highest BCUT2D eigenvalue weighted by atomic mass is 79.9. The van der Waals surface area contributed by atoms with Gasteiger partial charge in [-0.15, -0.1) is 0 Å². The average molecular weight is 238 g/mol. The summed E-state index contributed by atoms with van der Waals surface area (Å²) in [5.41, 5.74) is -0.794. The molecule has 0 saturated carbocycles. The molecule has 0 aromatic rings. The number of nitrogens with one attached hydrogen (secondary N) is 1. The van der Waals surface area contributed by atoms with Crippen LogP contribution in [0.15, 0.2) is 0 Å². The molecule has 2 unspecified atom stereocenters. The Morgan fingerprint density at radius 2 is 2.25 bits per heavy atom. The van der Waals surface area contributed by atoms with Crippen LogP contribution >= 0.6 is 15.9 Å². The standard InChI is InChI=1S/C8H16BrNO2/c1-4-8(3,12)5-10-7(11)6(2)9/h6,12H,4-5H2,1-3H3,(H,10,11). The van der Waals surface area contributed by atoms with Gasteiger partial charge in [0, 0.05) is 6.54 Å². The van der Waals surface area contributed by atoms with Crippen molar-refractivity contribution >= 4 is 21.8 Å². The van der Waals surface area contributed by atoms with Crippen molar-refractivity contribution in [1.29, 1.82) is 0 Å². The third-order valence-corrected chi connectivity index (χ3v) is 2.18. The van der Waals surface area contributed by atoms with Gasteiger partial charge in [-0.05, 0) is 20.3 Å². The van der Waals surface area contributed by atoms with Gasteiger partial charge in [-0.25, -0.2) is 0 Å². The average Bonchev–Trinajstić information content (AvgIpc) is 2.00. The maximum Gasteiger partial charge on any atom is 0.233 e. The summed E-state index contributed by atoms with van der Waals surface area (Å²) in [5.74, 6) is -0.0938. The van der Waals surface area contributed by atoms with Gasteiger partial charge in [-0.1, -0.05) is 22.9 Å². The number of carbonyl (C=O) groups is 1. The van der Waals surface area contributed by atoms with Crippen molar-refractivity contribution < 1.29 is 9.90 Å². The minimum Gasteiger partial charge on any atom is -0.388 e. The maximum absolute atomic E-state index is 11.0. The number of hydrogen-bond donors (Lipinski definition) is 2. The van der Waals surface area contributed by atoms with Crippen LogP contribution in [-0.4, -0.2) is 28.0 Å². The topological polar surface area (TPSA) is 49.3 Å². The molecular formula is C8H16BrNO2.